The van der Waals surface area contributed by atoms with Crippen LogP contribution in [0.5, 0.6) is 0 Å². The maximum Gasteiger partial charge on any atom is 0.226 e. The van der Waals surface area contributed by atoms with Crippen LogP contribution in [-0.4, -0.2) is 18.4 Å². The molecule has 0 aliphatic rings. The second kappa shape index (κ2) is 8.17. The van der Waals surface area contributed by atoms with Crippen LogP contribution >= 0.6 is 11.6 Å². The highest BCUT2D eigenvalue weighted by atomic mass is 35.5. The number of amides is 2. The number of anilines is 2. The summed E-state index contributed by atoms with van der Waals surface area (Å²) in [7, 11) is 0. The van der Waals surface area contributed by atoms with Crippen molar-refractivity contribution < 1.29 is 9.59 Å². The van der Waals surface area contributed by atoms with Crippen molar-refractivity contribution in [3.8, 4) is 0 Å². The van der Waals surface area contributed by atoms with E-state index in [-0.39, 0.29) is 18.2 Å². The molecule has 0 fully saturated rings. The average molecular weight is 359 g/mol. The van der Waals surface area contributed by atoms with Crippen LogP contribution < -0.4 is 10.2 Å². The minimum Gasteiger partial charge on any atom is -0.326 e. The second-order valence-corrected chi connectivity index (χ2v) is 6.58. The van der Waals surface area contributed by atoms with Crippen molar-refractivity contribution in [3.05, 3.63) is 58.1 Å². The van der Waals surface area contributed by atoms with Crippen LogP contribution in [0.4, 0.5) is 11.4 Å². The van der Waals surface area contributed by atoms with Crippen molar-refractivity contribution in [2.24, 2.45) is 0 Å². The van der Waals surface area contributed by atoms with Gasteiger partial charge in [-0.15, -0.1) is 0 Å². The number of carbonyl (C=O) groups is 2. The summed E-state index contributed by atoms with van der Waals surface area (Å²) in [6.45, 7) is 7.60. The fraction of sp³-hybridized carbons (Fsp3) is 0.300. The summed E-state index contributed by atoms with van der Waals surface area (Å²) in [5, 5.41) is 3.54. The van der Waals surface area contributed by atoms with E-state index in [1.165, 1.54) is 6.92 Å². The fourth-order valence-corrected chi connectivity index (χ4v) is 2.82. The smallest absolute Gasteiger partial charge is 0.226 e. The average Bonchev–Trinajstić information content (AvgIpc) is 2.54. The van der Waals surface area contributed by atoms with E-state index in [9.17, 15) is 9.59 Å². The number of rotatable bonds is 5. The van der Waals surface area contributed by atoms with Crippen molar-refractivity contribution in [1.29, 1.82) is 0 Å². The molecule has 0 heterocycles. The first-order valence-electron chi connectivity index (χ1n) is 8.20. The summed E-state index contributed by atoms with van der Waals surface area (Å²) < 4.78 is 0. The number of nitrogens with one attached hydrogen (secondary N) is 1. The summed E-state index contributed by atoms with van der Waals surface area (Å²) in [5.74, 6) is -0.248. The lowest BCUT2D eigenvalue weighted by molar-refractivity contribution is -0.117. The molecule has 5 heteroatoms. The molecule has 2 amide bonds. The molecule has 0 radical (unpaired) electrons. The van der Waals surface area contributed by atoms with Gasteiger partial charge in [0, 0.05) is 36.3 Å². The summed E-state index contributed by atoms with van der Waals surface area (Å²) in [6, 6.07) is 11.3. The van der Waals surface area contributed by atoms with Gasteiger partial charge in [-0.3, -0.25) is 9.59 Å². The van der Waals surface area contributed by atoms with E-state index in [4.69, 9.17) is 11.6 Å². The summed E-state index contributed by atoms with van der Waals surface area (Å²) in [4.78, 5) is 25.9. The Morgan fingerprint density at radius 1 is 1.04 bits per heavy atom. The molecule has 2 aromatic rings. The van der Waals surface area contributed by atoms with Crippen LogP contribution in [0, 0.1) is 20.8 Å². The van der Waals surface area contributed by atoms with Crippen molar-refractivity contribution in [2.45, 2.75) is 34.1 Å². The quantitative estimate of drug-likeness (QED) is 0.845. The number of carbonyl (C=O) groups excluding carboxylic acids is 2. The van der Waals surface area contributed by atoms with Crippen LogP contribution in [0.25, 0.3) is 0 Å². The first kappa shape index (κ1) is 19.0. The van der Waals surface area contributed by atoms with Crippen LogP contribution in [0.3, 0.4) is 0 Å². The van der Waals surface area contributed by atoms with E-state index in [1.54, 1.807) is 11.0 Å². The number of hydrogen-bond donors (Lipinski definition) is 1. The molecule has 0 saturated heterocycles. The monoisotopic (exact) mass is 358 g/mol. The minimum absolute atomic E-state index is 0.123. The van der Waals surface area contributed by atoms with E-state index in [2.05, 4.69) is 5.32 Å². The van der Waals surface area contributed by atoms with Crippen molar-refractivity contribution in [3.63, 3.8) is 0 Å². The van der Waals surface area contributed by atoms with Crippen LogP contribution in [0.2, 0.25) is 5.02 Å². The van der Waals surface area contributed by atoms with Gasteiger partial charge < -0.3 is 10.2 Å². The Kier molecular flexibility index (Phi) is 6.21. The predicted molar refractivity (Wildman–Crippen MR) is 103 cm³/mol. The molecular weight excluding hydrogens is 336 g/mol. The highest BCUT2D eigenvalue weighted by molar-refractivity contribution is 6.31. The van der Waals surface area contributed by atoms with Crippen LogP contribution in [0.15, 0.2) is 36.4 Å². The second-order valence-electron chi connectivity index (χ2n) is 6.17. The van der Waals surface area contributed by atoms with Gasteiger partial charge in [-0.25, -0.2) is 0 Å². The molecule has 0 aliphatic carbocycles. The molecule has 0 spiro atoms. The van der Waals surface area contributed by atoms with Gasteiger partial charge in [0.15, 0.2) is 0 Å². The molecule has 0 aliphatic heterocycles. The highest BCUT2D eigenvalue weighted by Crippen LogP contribution is 2.24. The van der Waals surface area contributed by atoms with Gasteiger partial charge >= 0.3 is 0 Å². The molecule has 0 aromatic heterocycles. The SMILES string of the molecule is CC(=O)N(CCC(=O)Nc1c(C)cccc1C)c1ccc(C)c(Cl)c1. The number of hydrogen-bond acceptors (Lipinski definition) is 2. The third-order valence-corrected chi connectivity index (χ3v) is 4.56. The van der Waals surface area contributed by atoms with Gasteiger partial charge in [0.25, 0.3) is 0 Å². The molecule has 25 heavy (non-hydrogen) atoms. The third kappa shape index (κ3) is 4.83. The van der Waals surface area contributed by atoms with Crippen LogP contribution in [0.1, 0.15) is 30.0 Å². The number of aryl methyl sites for hydroxylation is 3. The Morgan fingerprint density at radius 2 is 1.68 bits per heavy atom. The summed E-state index contributed by atoms with van der Waals surface area (Å²) in [5.41, 5.74) is 4.51. The molecule has 0 atom stereocenters. The maximum absolute atomic E-state index is 12.3. The van der Waals surface area contributed by atoms with Crippen molar-refractivity contribution >= 4 is 34.8 Å². The zero-order valence-corrected chi connectivity index (χ0v) is 15.8. The topological polar surface area (TPSA) is 49.4 Å². The summed E-state index contributed by atoms with van der Waals surface area (Å²) >= 11 is 6.15. The minimum atomic E-state index is -0.125. The first-order valence-corrected chi connectivity index (χ1v) is 8.57. The molecular formula is C20H23ClN2O2. The lowest BCUT2D eigenvalue weighted by Crippen LogP contribution is -2.32. The van der Waals surface area contributed by atoms with E-state index in [0.29, 0.717) is 17.3 Å². The normalized spacial score (nSPS) is 10.4. The maximum atomic E-state index is 12.3. The Labute approximate surface area is 153 Å². The fourth-order valence-electron chi connectivity index (χ4n) is 2.64. The van der Waals surface area contributed by atoms with Gasteiger partial charge in [-0.1, -0.05) is 35.9 Å². The number of para-hydroxylation sites is 1. The first-order chi connectivity index (χ1) is 11.8. The third-order valence-electron chi connectivity index (χ3n) is 4.16. The Bertz CT molecular complexity index is 782. The Balaban J connectivity index is 2.07. The lowest BCUT2D eigenvalue weighted by Gasteiger charge is -2.22. The van der Waals surface area contributed by atoms with Gasteiger partial charge in [0.1, 0.15) is 0 Å². The molecule has 1 N–H and O–H groups in total. The van der Waals surface area contributed by atoms with Crippen LogP contribution in [-0.2, 0) is 9.59 Å². The molecule has 2 aromatic carbocycles. The van der Waals surface area contributed by atoms with Gasteiger partial charge in [-0.05, 0) is 49.6 Å². The standard InChI is InChI=1S/C20H23ClN2O2/c1-13-8-9-17(12-18(13)21)23(16(4)24)11-10-19(25)22-20-14(2)6-5-7-15(20)3/h5-9,12H,10-11H2,1-4H3,(H,22,25). The largest absolute Gasteiger partial charge is 0.326 e. The Morgan fingerprint density at radius 3 is 2.24 bits per heavy atom. The Hall–Kier alpha value is -2.33. The van der Waals surface area contributed by atoms with Crippen molar-refractivity contribution in [1.82, 2.24) is 0 Å². The van der Waals surface area contributed by atoms with Gasteiger partial charge in [0.2, 0.25) is 11.8 Å². The van der Waals surface area contributed by atoms with Crippen molar-refractivity contribution in [2.75, 3.05) is 16.8 Å². The van der Waals surface area contributed by atoms with E-state index in [0.717, 1.165) is 22.4 Å². The van der Waals surface area contributed by atoms with E-state index < -0.39 is 0 Å². The molecule has 0 bridgehead atoms. The van der Waals surface area contributed by atoms with Gasteiger partial charge in [0.05, 0.1) is 0 Å². The number of halogens is 1. The zero-order chi connectivity index (χ0) is 18.6. The number of nitrogens with zero attached hydrogens (tertiary/aromatic N) is 1. The molecule has 2 rings (SSSR count). The van der Waals surface area contributed by atoms with E-state index >= 15 is 0 Å². The van der Waals surface area contributed by atoms with Gasteiger partial charge in [-0.2, -0.15) is 0 Å². The molecule has 0 unspecified atom stereocenters. The van der Waals surface area contributed by atoms with E-state index in [1.807, 2.05) is 51.1 Å². The molecule has 4 nitrogen and oxygen atoms in total. The lowest BCUT2D eigenvalue weighted by atomic mass is 10.1. The molecule has 132 valence electrons. The number of benzene rings is 2. The zero-order valence-electron chi connectivity index (χ0n) is 15.0. The summed E-state index contributed by atoms with van der Waals surface area (Å²) in [6.07, 6.45) is 0.207. The predicted octanol–water partition coefficient (Wildman–Crippen LogP) is 4.65. The highest BCUT2D eigenvalue weighted by Gasteiger charge is 2.15. The molecule has 0 saturated carbocycles.